The van der Waals surface area contributed by atoms with Crippen LogP contribution in [0.4, 0.5) is 11.4 Å². The number of rotatable bonds is 8. The third kappa shape index (κ3) is 11.1. The van der Waals surface area contributed by atoms with Crippen molar-refractivity contribution in [2.75, 3.05) is 12.5 Å². The molecule has 20 heteroatoms. The van der Waals surface area contributed by atoms with Gasteiger partial charge in [0.15, 0.2) is 31.2 Å². The Balaban J connectivity index is 0.000000297. The van der Waals surface area contributed by atoms with Gasteiger partial charge in [0.2, 0.25) is 0 Å². The molecule has 0 bridgehead atoms. The van der Waals surface area contributed by atoms with Gasteiger partial charge in [-0.2, -0.15) is 5.26 Å². The number of hydrogen-bond donors (Lipinski definition) is 0. The highest BCUT2D eigenvalue weighted by Gasteiger charge is 2.38. The van der Waals surface area contributed by atoms with Crippen LogP contribution in [0.1, 0.15) is 54.4 Å². The summed E-state index contributed by atoms with van der Waals surface area (Å²) in [5.41, 5.74) is -2.58. The largest absolute Gasteiger partial charge is 0.875 e. The summed E-state index contributed by atoms with van der Waals surface area (Å²) in [5, 5.41) is 53.5. The molecule has 0 radical (unpaired) electrons. The van der Waals surface area contributed by atoms with Gasteiger partial charge in [0.25, 0.3) is 17.2 Å². The van der Waals surface area contributed by atoms with Crippen LogP contribution in [-0.2, 0) is 39.9 Å². The van der Waals surface area contributed by atoms with E-state index in [-0.39, 0.29) is 39.3 Å². The molecule has 0 heterocycles. The number of sulfone groups is 2. The molecule has 264 valence electrons. The second kappa shape index (κ2) is 16.5. The molecule has 0 aromatic heterocycles. The standard InChI is InChI=1S/C15H13N2O7S.C9H6N2O5S.C6H8O2/c1-16-15(19,24-11-5-3-4-10(18)8-11)13-7-6-12(25(2,22)23)9-14(13)17(20)21;1-17(15,16)6-2-3-7(9(12)5-10)8(4-6)11(13)14;7-5-2-1-3-6(8)4-5/h6-9H,3-5H2,2H3;2-4H,1H3;4,7H,1-3H2/q-1;;/p-1. The maximum Gasteiger partial charge on any atom is 0.363 e. The maximum absolute atomic E-state index is 12.8. The van der Waals surface area contributed by atoms with Gasteiger partial charge in [-0.15, -0.1) is 5.76 Å². The molecular formula is C30H26N4O14S2-2. The zero-order valence-corrected chi connectivity index (χ0v) is 27.8. The lowest BCUT2D eigenvalue weighted by molar-refractivity contribution is -0.544. The molecule has 0 saturated carbocycles. The first-order valence-electron chi connectivity index (χ1n) is 14.0. The first-order chi connectivity index (χ1) is 23.1. The molecule has 0 aliphatic heterocycles. The van der Waals surface area contributed by atoms with Crippen molar-refractivity contribution in [2.24, 2.45) is 0 Å². The Morgan fingerprint density at radius 3 is 1.80 bits per heavy atom. The molecule has 4 rings (SSSR count). The van der Waals surface area contributed by atoms with Crippen LogP contribution in [-0.4, -0.2) is 56.5 Å². The summed E-state index contributed by atoms with van der Waals surface area (Å²) in [6.07, 6.45) is 6.89. The van der Waals surface area contributed by atoms with E-state index in [1.807, 2.05) is 0 Å². The summed E-state index contributed by atoms with van der Waals surface area (Å²) in [6.45, 7) is 7.11. The SMILES string of the molecule is CS(=O)(=O)c1ccc(C(=O)C#N)c([N+](=O)[O-])c1.O=C1C=C([O-])CCC1.[C-]#[N+]C([O-])(OC1=CC(=O)CCC1)c1ccc(S(C)(=O)=O)cc1[N+](=O)[O-]. The Hall–Kier alpha value is -5.83. The summed E-state index contributed by atoms with van der Waals surface area (Å²) < 4.78 is 50.6. The van der Waals surface area contributed by atoms with Gasteiger partial charge >= 0.3 is 5.91 Å². The van der Waals surface area contributed by atoms with Crippen LogP contribution in [0, 0.1) is 38.1 Å². The van der Waals surface area contributed by atoms with Crippen LogP contribution in [0.2, 0.25) is 0 Å². The molecule has 2 aromatic rings. The number of allylic oxidation sites excluding steroid dienone is 4. The predicted octanol–water partition coefficient (Wildman–Crippen LogP) is 1.73. The Bertz CT molecular complexity index is 2110. The monoisotopic (exact) mass is 730 g/mol. The number of carbonyl (C=O) groups is 3. The number of carbonyl (C=O) groups excluding carboxylic acids is 3. The van der Waals surface area contributed by atoms with Gasteiger partial charge in [0, 0.05) is 50.0 Å². The van der Waals surface area contributed by atoms with Crippen LogP contribution >= 0.6 is 0 Å². The van der Waals surface area contributed by atoms with Crippen molar-refractivity contribution in [1.29, 1.82) is 5.26 Å². The summed E-state index contributed by atoms with van der Waals surface area (Å²) in [4.78, 5) is 55.1. The van der Waals surface area contributed by atoms with E-state index in [0.29, 0.717) is 31.7 Å². The summed E-state index contributed by atoms with van der Waals surface area (Å²) in [7, 11) is -7.35. The highest BCUT2D eigenvalue weighted by Crippen LogP contribution is 2.35. The molecular weight excluding hydrogens is 704 g/mol. The molecule has 0 fully saturated rings. The molecule has 2 aromatic carbocycles. The van der Waals surface area contributed by atoms with Gasteiger partial charge in [-0.3, -0.25) is 39.5 Å². The van der Waals surface area contributed by atoms with Gasteiger partial charge in [0.1, 0.15) is 23.0 Å². The zero-order valence-electron chi connectivity index (χ0n) is 26.2. The van der Waals surface area contributed by atoms with Crippen molar-refractivity contribution in [3.05, 3.63) is 103 Å². The molecule has 1 unspecified atom stereocenters. The van der Waals surface area contributed by atoms with Crippen LogP contribution in [0.3, 0.4) is 0 Å². The highest BCUT2D eigenvalue weighted by molar-refractivity contribution is 7.91. The molecule has 0 N–H and O–H groups in total. The van der Waals surface area contributed by atoms with Crippen molar-refractivity contribution >= 4 is 48.4 Å². The van der Waals surface area contributed by atoms with Crippen molar-refractivity contribution < 1.29 is 56.0 Å². The van der Waals surface area contributed by atoms with E-state index in [0.717, 1.165) is 55.3 Å². The molecule has 0 spiro atoms. The first-order valence-corrected chi connectivity index (χ1v) is 17.7. The highest BCUT2D eigenvalue weighted by atomic mass is 32.2. The fourth-order valence-corrected chi connectivity index (χ4v) is 5.51. The number of hydrogen-bond acceptors (Lipinski definition) is 15. The molecule has 18 nitrogen and oxygen atoms in total. The lowest BCUT2D eigenvalue weighted by atomic mass is 10.0. The second-order valence-corrected chi connectivity index (χ2v) is 14.5. The number of nitro groups is 2. The Kier molecular flexibility index (Phi) is 13.3. The normalized spacial score (nSPS) is 15.5. The molecule has 50 heavy (non-hydrogen) atoms. The van der Waals surface area contributed by atoms with Crippen LogP contribution in [0.25, 0.3) is 4.85 Å². The molecule has 0 saturated heterocycles. The number of ether oxygens (including phenoxy) is 1. The number of nitriles is 1. The third-order valence-corrected chi connectivity index (χ3v) is 8.85. The minimum absolute atomic E-state index is 0.0127. The number of benzene rings is 2. The quantitative estimate of drug-likeness (QED) is 0.0933. The van der Waals surface area contributed by atoms with Crippen molar-refractivity contribution in [3.63, 3.8) is 0 Å². The van der Waals surface area contributed by atoms with E-state index < -0.39 is 63.7 Å². The van der Waals surface area contributed by atoms with Gasteiger partial charge < -0.3 is 14.9 Å². The average Bonchev–Trinajstić information content (AvgIpc) is 3.03. The number of nitro benzene ring substituents is 2. The van der Waals surface area contributed by atoms with E-state index in [4.69, 9.17) is 16.6 Å². The van der Waals surface area contributed by atoms with Crippen LogP contribution in [0.15, 0.2) is 69.9 Å². The van der Waals surface area contributed by atoms with E-state index in [1.165, 1.54) is 12.1 Å². The third-order valence-electron chi connectivity index (χ3n) is 6.63. The van der Waals surface area contributed by atoms with E-state index in [1.54, 1.807) is 0 Å². The van der Waals surface area contributed by atoms with E-state index in [9.17, 15) is 61.7 Å². The maximum atomic E-state index is 12.8. The smallest absolute Gasteiger partial charge is 0.363 e. The zero-order chi connectivity index (χ0) is 38.0. The minimum Gasteiger partial charge on any atom is -0.875 e. The van der Waals surface area contributed by atoms with Crippen molar-refractivity contribution in [3.8, 4) is 6.07 Å². The lowest BCUT2D eigenvalue weighted by Gasteiger charge is -2.29. The Morgan fingerprint density at radius 1 is 0.880 bits per heavy atom. The van der Waals surface area contributed by atoms with E-state index >= 15 is 0 Å². The van der Waals surface area contributed by atoms with Gasteiger partial charge in [-0.1, -0.05) is 0 Å². The van der Waals surface area contributed by atoms with Crippen molar-refractivity contribution in [2.45, 2.75) is 54.2 Å². The van der Waals surface area contributed by atoms with Gasteiger partial charge in [-0.05, 0) is 49.6 Å². The number of ketones is 3. The minimum atomic E-state index is -3.74. The fraction of sp³-hybridized carbons (Fsp3) is 0.300. The van der Waals surface area contributed by atoms with Crippen LogP contribution in [0.5, 0.6) is 0 Å². The van der Waals surface area contributed by atoms with Crippen molar-refractivity contribution in [1.82, 2.24) is 0 Å². The summed E-state index contributed by atoms with van der Waals surface area (Å²) >= 11 is 0. The van der Waals surface area contributed by atoms with E-state index in [2.05, 4.69) is 4.85 Å². The molecule has 2 aliphatic rings. The van der Waals surface area contributed by atoms with Gasteiger partial charge in [0.05, 0.1) is 19.6 Å². The topological polar surface area (TPSA) is 289 Å². The summed E-state index contributed by atoms with van der Waals surface area (Å²) in [5.74, 6) is -4.40. The summed E-state index contributed by atoms with van der Waals surface area (Å²) in [6, 6.07) is 6.62. The molecule has 2 aliphatic carbocycles. The second-order valence-electron chi connectivity index (χ2n) is 10.5. The lowest BCUT2D eigenvalue weighted by Crippen LogP contribution is -2.41. The average molecular weight is 731 g/mol. The molecule has 0 amide bonds. The predicted molar refractivity (Wildman–Crippen MR) is 166 cm³/mol. The fourth-order valence-electron chi connectivity index (χ4n) is 4.22. The Labute approximate surface area is 284 Å². The first kappa shape index (κ1) is 40.3. The number of Topliss-reactive ketones (excluding diaryl/α,β-unsaturated/α-hetero) is 1. The Morgan fingerprint density at radius 2 is 1.38 bits per heavy atom. The molecule has 1 atom stereocenters. The number of nitrogens with zero attached hydrogens (tertiary/aromatic N) is 4. The van der Waals surface area contributed by atoms with Gasteiger partial charge in [-0.25, -0.2) is 23.4 Å². The van der Waals surface area contributed by atoms with Crippen LogP contribution < -0.4 is 10.2 Å².